The number of nitrogens with two attached hydrogens (primary N) is 1. The molecule has 2 amide bonds. The second-order valence-electron chi connectivity index (χ2n) is 12.0. The average molecular weight is 765 g/mol. The van der Waals surface area contributed by atoms with Gasteiger partial charge in [-0.1, -0.05) is 32.7 Å². The zero-order valence-electron chi connectivity index (χ0n) is 26.7. The number of fused-ring (bicyclic) bond motifs is 1. The summed E-state index contributed by atoms with van der Waals surface area (Å²) in [6.07, 6.45) is -6.47. The Morgan fingerprint density at radius 3 is 2.41 bits per heavy atom. The molecule has 0 bridgehead atoms. The highest BCUT2D eigenvalue weighted by Gasteiger charge is 2.52. The van der Waals surface area contributed by atoms with Crippen molar-refractivity contribution in [2.45, 2.75) is 64.8 Å². The molecule has 7 atom stereocenters. The topological polar surface area (TPSA) is 348 Å². The monoisotopic (exact) mass is 764 g/mol. The third-order valence-electron chi connectivity index (χ3n) is 6.85. The zero-order valence-corrected chi connectivity index (χ0v) is 29.4. The van der Waals surface area contributed by atoms with Crippen molar-refractivity contribution in [2.75, 3.05) is 32.0 Å². The predicted molar refractivity (Wildman–Crippen MR) is 163 cm³/mol. The van der Waals surface area contributed by atoms with Gasteiger partial charge < -0.3 is 50.9 Å². The van der Waals surface area contributed by atoms with E-state index in [0.29, 0.717) is 6.54 Å². The molecule has 3 heterocycles. The first-order valence-electron chi connectivity index (χ1n) is 14.5. The molecule has 1 fully saturated rings. The number of hydrogen-bond donors (Lipinski definition) is 10. The van der Waals surface area contributed by atoms with Crippen molar-refractivity contribution in [1.82, 2.24) is 25.6 Å². The van der Waals surface area contributed by atoms with Gasteiger partial charge in [0, 0.05) is 24.9 Å². The van der Waals surface area contributed by atoms with E-state index >= 15 is 0 Å². The predicted octanol–water partition coefficient (Wildman–Crippen LogP) is -1.52. The van der Waals surface area contributed by atoms with Crippen molar-refractivity contribution >= 4 is 52.3 Å². The number of carbonyl (C=O) groups excluding carboxylic acids is 2. The van der Waals surface area contributed by atoms with E-state index in [1.807, 2.05) is 13.8 Å². The van der Waals surface area contributed by atoms with Crippen LogP contribution in [-0.2, 0) is 45.9 Å². The van der Waals surface area contributed by atoms with Gasteiger partial charge in [-0.05, 0) is 5.92 Å². The molecular weight excluding hydrogens is 723 g/mol. The summed E-state index contributed by atoms with van der Waals surface area (Å²) in [4.78, 5) is 73.8. The van der Waals surface area contributed by atoms with Crippen LogP contribution < -0.4 is 20.9 Å². The number of aliphatic hydroxyl groups is 2. The number of aliphatic hydroxyl groups excluding tert-OH is 2. The molecule has 278 valence electrons. The first-order valence-corrected chi connectivity index (χ1v) is 19.0. The van der Waals surface area contributed by atoms with Crippen LogP contribution in [-0.4, -0.2) is 107 Å². The molecule has 1 saturated heterocycles. The smallest absolute Gasteiger partial charge is 0.384 e. The van der Waals surface area contributed by atoms with Crippen molar-refractivity contribution in [3.05, 3.63) is 12.7 Å². The summed E-state index contributed by atoms with van der Waals surface area (Å²) in [5.74, 6) is -1.01. The minimum atomic E-state index is -5.53. The van der Waals surface area contributed by atoms with Gasteiger partial charge in [0.2, 0.25) is 23.6 Å². The summed E-state index contributed by atoms with van der Waals surface area (Å²) in [7, 11) is -16.3. The number of aromatic amines is 1. The lowest BCUT2D eigenvalue weighted by molar-refractivity contribution is -0.745. The lowest BCUT2D eigenvalue weighted by Gasteiger charge is -2.30. The Morgan fingerprint density at radius 2 is 1.78 bits per heavy atom. The third kappa shape index (κ3) is 11.8. The molecule has 11 N–H and O–H groups in total. The zero-order chi connectivity index (χ0) is 36.9. The van der Waals surface area contributed by atoms with Gasteiger partial charge in [0.1, 0.15) is 24.4 Å². The summed E-state index contributed by atoms with van der Waals surface area (Å²) in [5.41, 5.74) is 4.53. The largest absolute Gasteiger partial charge is 0.481 e. The van der Waals surface area contributed by atoms with Crippen molar-refractivity contribution < 1.29 is 80.3 Å². The lowest BCUT2D eigenvalue weighted by Crippen LogP contribution is -2.46. The average Bonchev–Trinajstić information content (AvgIpc) is 3.54. The third-order valence-corrected chi connectivity index (χ3v) is 9.95. The highest BCUT2D eigenvalue weighted by Crippen LogP contribution is 2.61. The molecule has 1 aliphatic rings. The van der Waals surface area contributed by atoms with Crippen molar-refractivity contribution in [1.29, 1.82) is 0 Å². The standard InChI is InChI=1S/C23H40N7O16P3/c1-12(2)7-26-14(31)5-6-25-21(34)18(33)23(3,4)9-43-49(40,41)46-48(38,39)42-8-13-17(45-47(35,36)37)16(32)22(44-13)30-11-29-15-19(24)27-10-28-20(15)30/h10-13,16-18,22,32-33H,5-9H2,1-4H3,(H8,24,25,26,27,28,31,34,35,36,37,38,39,40,41)/p+1. The Morgan fingerprint density at radius 1 is 1.12 bits per heavy atom. The number of anilines is 1. The van der Waals surface area contributed by atoms with Crippen LogP contribution in [0.5, 0.6) is 0 Å². The van der Waals surface area contributed by atoms with Crippen LogP contribution in [0.3, 0.4) is 0 Å². The van der Waals surface area contributed by atoms with Gasteiger partial charge in [-0.25, -0.2) is 18.3 Å². The number of amides is 2. The summed E-state index contributed by atoms with van der Waals surface area (Å²) in [6, 6.07) is 0. The quantitative estimate of drug-likeness (QED) is 0.0608. The first-order chi connectivity index (χ1) is 22.5. The van der Waals surface area contributed by atoms with E-state index in [-0.39, 0.29) is 41.8 Å². The fourth-order valence-corrected chi connectivity index (χ4v) is 7.14. The second-order valence-corrected chi connectivity index (χ2v) is 16.2. The van der Waals surface area contributed by atoms with E-state index in [4.69, 9.17) is 19.5 Å². The number of imidazole rings is 1. The highest BCUT2D eigenvalue weighted by molar-refractivity contribution is 7.61. The summed E-state index contributed by atoms with van der Waals surface area (Å²) in [6.45, 7) is 4.72. The summed E-state index contributed by atoms with van der Waals surface area (Å²) in [5, 5.41) is 26.3. The molecule has 23 nitrogen and oxygen atoms in total. The molecule has 1 aliphatic heterocycles. The second kappa shape index (κ2) is 16.3. The number of ether oxygens (including phenoxy) is 1. The van der Waals surface area contributed by atoms with E-state index in [2.05, 4.69) is 34.4 Å². The van der Waals surface area contributed by atoms with Gasteiger partial charge in [-0.15, -0.1) is 0 Å². The molecule has 0 radical (unpaired) electrons. The SMILES string of the molecule is CC(C)CNC(=O)CCNC(=O)C(O)C(C)(C)COP(=O)(O)OP(=O)(O)OCC1OC([n+]2c[nH]c3c(N)ncnc32)C(O)C1OP(=O)(O)O. The number of nitrogens with one attached hydrogen (secondary N) is 3. The number of carbonyl (C=O) groups is 2. The minimum absolute atomic E-state index is 0.0210. The van der Waals surface area contributed by atoms with Crippen LogP contribution in [0.25, 0.3) is 11.2 Å². The number of H-pyrrole nitrogens is 1. The van der Waals surface area contributed by atoms with Crippen molar-refractivity contribution in [3.63, 3.8) is 0 Å². The van der Waals surface area contributed by atoms with Crippen LogP contribution in [0.2, 0.25) is 0 Å². The summed E-state index contributed by atoms with van der Waals surface area (Å²) < 4.78 is 61.9. The summed E-state index contributed by atoms with van der Waals surface area (Å²) >= 11 is 0. The van der Waals surface area contributed by atoms with E-state index in [0.717, 1.165) is 6.33 Å². The van der Waals surface area contributed by atoms with Gasteiger partial charge in [-0.3, -0.25) is 28.1 Å². The number of nitrogen functional groups attached to an aromatic ring is 1. The van der Waals surface area contributed by atoms with Crippen LogP contribution in [0.4, 0.5) is 5.82 Å². The van der Waals surface area contributed by atoms with E-state index in [1.54, 1.807) is 0 Å². The minimum Gasteiger partial charge on any atom is -0.384 e. The number of phosphoric acid groups is 3. The number of nitrogens with zero attached hydrogens (tertiary/aromatic N) is 3. The maximum absolute atomic E-state index is 12.6. The number of phosphoric ester groups is 3. The lowest BCUT2D eigenvalue weighted by atomic mass is 9.87. The molecule has 0 saturated carbocycles. The maximum Gasteiger partial charge on any atom is 0.481 e. The Kier molecular flexibility index (Phi) is 13.6. The molecule has 3 rings (SSSR count). The number of aromatic nitrogens is 4. The molecule has 2 aromatic rings. The Bertz CT molecular complexity index is 1620. The highest BCUT2D eigenvalue weighted by atomic mass is 31.3. The van der Waals surface area contributed by atoms with E-state index in [9.17, 15) is 53.1 Å². The number of hydrogen-bond acceptors (Lipinski definition) is 15. The Balaban J connectivity index is 1.59. The van der Waals surface area contributed by atoms with Gasteiger partial charge in [0.15, 0.2) is 18.5 Å². The van der Waals surface area contributed by atoms with Crippen LogP contribution in [0.1, 0.15) is 40.3 Å². The van der Waals surface area contributed by atoms with Gasteiger partial charge in [0.25, 0.3) is 0 Å². The van der Waals surface area contributed by atoms with Crippen LogP contribution in [0, 0.1) is 11.3 Å². The van der Waals surface area contributed by atoms with Crippen molar-refractivity contribution in [3.8, 4) is 0 Å². The fourth-order valence-electron chi connectivity index (χ4n) is 4.31. The van der Waals surface area contributed by atoms with Gasteiger partial charge in [-0.2, -0.15) is 9.29 Å². The first kappa shape index (κ1) is 41.0. The van der Waals surface area contributed by atoms with Gasteiger partial charge in [0.05, 0.1) is 13.2 Å². The molecule has 26 heteroatoms. The van der Waals surface area contributed by atoms with Crippen LogP contribution >= 0.6 is 23.5 Å². The van der Waals surface area contributed by atoms with E-state index < -0.39 is 78.6 Å². The Labute approximate surface area is 278 Å². The molecule has 0 spiro atoms. The molecule has 7 unspecified atom stereocenters. The molecule has 49 heavy (non-hydrogen) atoms. The van der Waals surface area contributed by atoms with E-state index in [1.165, 1.54) is 24.7 Å². The van der Waals surface area contributed by atoms with Crippen molar-refractivity contribution in [2.24, 2.45) is 11.3 Å². The maximum atomic E-state index is 12.6. The Hall–Kier alpha value is -2.46. The number of rotatable bonds is 18. The van der Waals surface area contributed by atoms with Gasteiger partial charge >= 0.3 is 29.1 Å². The fraction of sp³-hybridized carbons (Fsp3) is 0.696. The molecule has 0 aromatic carbocycles. The normalized spacial score (nSPS) is 23.2. The molecular formula is C23H41N7O16P3+. The molecule has 2 aromatic heterocycles. The van der Waals surface area contributed by atoms with Crippen LogP contribution in [0.15, 0.2) is 12.7 Å². The molecule has 0 aliphatic carbocycles.